The summed E-state index contributed by atoms with van der Waals surface area (Å²) >= 11 is 0. The Morgan fingerprint density at radius 1 is 1.33 bits per heavy atom. The summed E-state index contributed by atoms with van der Waals surface area (Å²) in [6.45, 7) is 1.84. The lowest BCUT2D eigenvalue weighted by molar-refractivity contribution is 0.336. The first kappa shape index (κ1) is 16.8. The summed E-state index contributed by atoms with van der Waals surface area (Å²) in [4.78, 5) is 15.4. The van der Waals surface area contributed by atoms with Gasteiger partial charge in [0.2, 0.25) is 6.08 Å². The molecule has 1 aromatic rings. The van der Waals surface area contributed by atoms with E-state index in [2.05, 4.69) is 4.99 Å². The molecule has 0 atom stereocenters. The molecule has 0 aliphatic heterocycles. The van der Waals surface area contributed by atoms with E-state index in [9.17, 15) is 4.79 Å². The highest BCUT2D eigenvalue weighted by Crippen LogP contribution is 2.01. The molecule has 98 valence electrons. The Bertz CT molecular complexity index is 394. The van der Waals surface area contributed by atoms with Crippen molar-refractivity contribution in [1.29, 1.82) is 0 Å². The molecular weight excluding hydrogens is 254 g/mol. The van der Waals surface area contributed by atoms with Crippen LogP contribution in [0.5, 0.6) is 0 Å². The molecule has 0 radical (unpaired) electrons. The van der Waals surface area contributed by atoms with E-state index in [-0.39, 0.29) is 12.4 Å². The molecule has 18 heavy (non-hydrogen) atoms. The van der Waals surface area contributed by atoms with Crippen molar-refractivity contribution in [1.82, 2.24) is 4.90 Å². The van der Waals surface area contributed by atoms with Crippen LogP contribution in [0.3, 0.4) is 0 Å². The zero-order chi connectivity index (χ0) is 12.7. The van der Waals surface area contributed by atoms with Crippen LogP contribution in [-0.2, 0) is 11.3 Å². The van der Waals surface area contributed by atoms with Gasteiger partial charge in [-0.1, -0.05) is 24.3 Å². The lowest BCUT2D eigenvalue weighted by atomic mass is 9.80. The second-order valence-electron chi connectivity index (χ2n) is 3.83. The van der Waals surface area contributed by atoms with Crippen molar-refractivity contribution in [2.24, 2.45) is 4.99 Å². The van der Waals surface area contributed by atoms with E-state index in [1.807, 2.05) is 24.1 Å². The van der Waals surface area contributed by atoms with Gasteiger partial charge in [-0.25, -0.2) is 9.79 Å². The van der Waals surface area contributed by atoms with Gasteiger partial charge in [0, 0.05) is 13.1 Å². The van der Waals surface area contributed by atoms with Gasteiger partial charge in [-0.2, -0.15) is 0 Å². The summed E-state index contributed by atoms with van der Waals surface area (Å²) in [5.41, 5.74) is 1.54. The topological polar surface area (TPSA) is 73.1 Å². The number of benzene rings is 1. The lowest BCUT2D eigenvalue weighted by Crippen LogP contribution is -2.29. The van der Waals surface area contributed by atoms with Crippen molar-refractivity contribution in [3.63, 3.8) is 0 Å². The second-order valence-corrected chi connectivity index (χ2v) is 3.83. The Labute approximate surface area is 113 Å². The van der Waals surface area contributed by atoms with Crippen LogP contribution in [-0.4, -0.2) is 48.3 Å². The molecular formula is C11H16BClN2O3. The number of aliphatic imine (C=N–C) groups is 1. The molecule has 0 bridgehead atoms. The monoisotopic (exact) mass is 270 g/mol. The molecule has 7 heteroatoms. The fourth-order valence-electron chi connectivity index (χ4n) is 1.45. The maximum absolute atomic E-state index is 9.89. The predicted molar refractivity (Wildman–Crippen MR) is 72.8 cm³/mol. The SMILES string of the molecule is CN(CCN=C=O)Cc1ccc(B(O)O)cc1.Cl. The number of likely N-dealkylation sites (N-methyl/N-ethyl adjacent to an activating group) is 1. The van der Waals surface area contributed by atoms with Crippen molar-refractivity contribution >= 4 is 31.1 Å². The number of rotatable bonds is 6. The maximum atomic E-state index is 9.89. The van der Waals surface area contributed by atoms with Crippen LogP contribution in [0, 0.1) is 0 Å². The zero-order valence-electron chi connectivity index (χ0n) is 10.1. The van der Waals surface area contributed by atoms with Gasteiger partial charge in [-0.3, -0.25) is 0 Å². The van der Waals surface area contributed by atoms with E-state index < -0.39 is 7.12 Å². The zero-order valence-corrected chi connectivity index (χ0v) is 10.9. The summed E-state index contributed by atoms with van der Waals surface area (Å²) in [7, 11) is 0.499. The van der Waals surface area contributed by atoms with Crippen LogP contribution >= 0.6 is 12.4 Å². The molecule has 5 nitrogen and oxygen atoms in total. The molecule has 0 saturated heterocycles. The maximum Gasteiger partial charge on any atom is 0.488 e. The van der Waals surface area contributed by atoms with E-state index in [4.69, 9.17) is 10.0 Å². The predicted octanol–water partition coefficient (Wildman–Crippen LogP) is -0.444. The van der Waals surface area contributed by atoms with E-state index in [1.165, 1.54) is 6.08 Å². The molecule has 0 amide bonds. The first-order chi connectivity index (χ1) is 8.13. The molecule has 0 aromatic heterocycles. The van der Waals surface area contributed by atoms with Crippen LogP contribution in [0.2, 0.25) is 0 Å². The Kier molecular flexibility index (Phi) is 8.28. The molecule has 0 unspecified atom stereocenters. The summed E-state index contributed by atoms with van der Waals surface area (Å²) in [5.74, 6) is 0. The molecule has 2 N–H and O–H groups in total. The number of carbonyl (C=O) groups excluding carboxylic acids is 1. The third kappa shape index (κ3) is 5.96. The van der Waals surface area contributed by atoms with Gasteiger partial charge in [0.1, 0.15) is 0 Å². The van der Waals surface area contributed by atoms with E-state index in [0.29, 0.717) is 18.6 Å². The van der Waals surface area contributed by atoms with Crippen LogP contribution < -0.4 is 5.46 Å². The summed E-state index contributed by atoms with van der Waals surface area (Å²) < 4.78 is 0. The Morgan fingerprint density at radius 3 is 2.44 bits per heavy atom. The van der Waals surface area contributed by atoms with Crippen molar-refractivity contribution in [3.05, 3.63) is 29.8 Å². The van der Waals surface area contributed by atoms with Crippen LogP contribution in [0.1, 0.15) is 5.56 Å². The number of nitrogens with zero attached hydrogens (tertiary/aromatic N) is 2. The van der Waals surface area contributed by atoms with Gasteiger partial charge >= 0.3 is 7.12 Å². The van der Waals surface area contributed by atoms with Crippen LogP contribution in [0.4, 0.5) is 0 Å². The highest BCUT2D eigenvalue weighted by Gasteiger charge is 2.09. The minimum atomic E-state index is -1.43. The average molecular weight is 271 g/mol. The van der Waals surface area contributed by atoms with E-state index in [1.54, 1.807) is 12.1 Å². The summed E-state index contributed by atoms with van der Waals surface area (Å²) in [6, 6.07) is 7.04. The number of hydrogen-bond acceptors (Lipinski definition) is 5. The van der Waals surface area contributed by atoms with E-state index >= 15 is 0 Å². The molecule has 0 saturated carbocycles. The summed E-state index contributed by atoms with van der Waals surface area (Å²) in [6.07, 6.45) is 1.50. The number of isocyanates is 1. The van der Waals surface area contributed by atoms with Crippen molar-refractivity contribution < 1.29 is 14.8 Å². The smallest absolute Gasteiger partial charge is 0.423 e. The molecule has 1 rings (SSSR count). The van der Waals surface area contributed by atoms with Gasteiger partial charge in [0.25, 0.3) is 0 Å². The average Bonchev–Trinajstić information content (AvgIpc) is 2.30. The highest BCUT2D eigenvalue weighted by molar-refractivity contribution is 6.58. The molecule has 0 spiro atoms. The van der Waals surface area contributed by atoms with Gasteiger partial charge in [-0.05, 0) is 18.1 Å². The lowest BCUT2D eigenvalue weighted by Gasteiger charge is -2.15. The summed E-state index contributed by atoms with van der Waals surface area (Å²) in [5, 5.41) is 17.9. The van der Waals surface area contributed by atoms with Crippen molar-refractivity contribution in [2.75, 3.05) is 20.1 Å². The molecule has 1 aromatic carbocycles. The Morgan fingerprint density at radius 2 is 1.94 bits per heavy atom. The first-order valence-electron chi connectivity index (χ1n) is 5.30. The molecule has 0 aliphatic carbocycles. The molecule has 0 heterocycles. The molecule has 0 aliphatic rings. The third-order valence-corrected chi connectivity index (χ3v) is 2.39. The number of halogens is 1. The van der Waals surface area contributed by atoms with Crippen molar-refractivity contribution in [3.8, 4) is 0 Å². The van der Waals surface area contributed by atoms with Crippen LogP contribution in [0.15, 0.2) is 29.3 Å². The first-order valence-corrected chi connectivity index (χ1v) is 5.30. The van der Waals surface area contributed by atoms with Gasteiger partial charge in [-0.15, -0.1) is 12.4 Å². The van der Waals surface area contributed by atoms with E-state index in [0.717, 1.165) is 12.1 Å². The molecule has 0 fully saturated rings. The Hall–Kier alpha value is -1.17. The fourth-order valence-corrected chi connectivity index (χ4v) is 1.45. The normalized spacial score (nSPS) is 9.56. The fraction of sp³-hybridized carbons (Fsp3) is 0.364. The van der Waals surface area contributed by atoms with Gasteiger partial charge in [0.15, 0.2) is 0 Å². The minimum absolute atomic E-state index is 0. The highest BCUT2D eigenvalue weighted by atomic mass is 35.5. The van der Waals surface area contributed by atoms with Gasteiger partial charge < -0.3 is 14.9 Å². The minimum Gasteiger partial charge on any atom is -0.423 e. The van der Waals surface area contributed by atoms with Crippen molar-refractivity contribution in [2.45, 2.75) is 6.54 Å². The Balaban J connectivity index is 0.00000289. The number of hydrogen-bond donors (Lipinski definition) is 2. The standard InChI is InChI=1S/C11H15BN2O3.ClH/c1-14(7-6-13-9-15)8-10-2-4-11(5-3-10)12(16)17;/h2-5,16-17H,6-8H2,1H3;1H. The largest absolute Gasteiger partial charge is 0.488 e. The van der Waals surface area contributed by atoms with Crippen LogP contribution in [0.25, 0.3) is 0 Å². The van der Waals surface area contributed by atoms with Gasteiger partial charge in [0.05, 0.1) is 6.54 Å². The second kappa shape index (κ2) is 8.86. The third-order valence-electron chi connectivity index (χ3n) is 2.39. The quantitative estimate of drug-likeness (QED) is 0.417.